The number of halogens is 2. The van der Waals surface area contributed by atoms with Crippen LogP contribution in [0.5, 0.6) is 0 Å². The molecule has 20 heteroatoms. The minimum Gasteiger partial charge on any atom is -0.748 e. The van der Waals surface area contributed by atoms with E-state index >= 15 is 0 Å². The molecular formula is C47H42Cl2N4O8S6. The molecule has 4 unspecified atom stereocenters. The lowest BCUT2D eigenvalue weighted by atomic mass is 10.1. The van der Waals surface area contributed by atoms with Gasteiger partial charge in [-0.25, -0.2) is 16.8 Å². The molecule has 0 saturated carbocycles. The maximum atomic E-state index is 11.5. The summed E-state index contributed by atoms with van der Waals surface area (Å²) < 4.78 is 67.2. The van der Waals surface area contributed by atoms with Crippen LogP contribution in [0.4, 0.5) is 22.7 Å². The van der Waals surface area contributed by atoms with Gasteiger partial charge in [-0.1, -0.05) is 125 Å². The molecular weight excluding hydrogens is 1010 g/mol. The van der Waals surface area contributed by atoms with Crippen LogP contribution in [0.15, 0.2) is 151 Å². The van der Waals surface area contributed by atoms with Gasteiger partial charge in [0, 0.05) is 80.2 Å². The summed E-state index contributed by atoms with van der Waals surface area (Å²) in [6, 6.07) is 36.3. The van der Waals surface area contributed by atoms with Crippen LogP contribution in [-0.4, -0.2) is 86.0 Å². The summed E-state index contributed by atoms with van der Waals surface area (Å²) >= 11 is 19.0. The Labute approximate surface area is 415 Å². The molecule has 0 amide bonds. The number of carboxylic acids is 1. The maximum absolute atomic E-state index is 11.5. The van der Waals surface area contributed by atoms with Crippen molar-refractivity contribution >= 4 is 141 Å². The fraction of sp³-hybridized carbons (Fsp3) is 0.213. The van der Waals surface area contributed by atoms with Gasteiger partial charge < -0.3 is 24.0 Å². The summed E-state index contributed by atoms with van der Waals surface area (Å²) in [6.45, 7) is 0.777. The van der Waals surface area contributed by atoms with Gasteiger partial charge in [0.25, 0.3) is 0 Å². The first-order chi connectivity index (χ1) is 32.0. The monoisotopic (exact) mass is 1050 g/mol. The maximum Gasteiger partial charge on any atom is 0.323 e. The number of aliphatic carboxylic acids is 1. The topological polar surface area (TPSA) is 167 Å². The lowest BCUT2D eigenvalue weighted by Gasteiger charge is -2.22. The summed E-state index contributed by atoms with van der Waals surface area (Å²) in [6.07, 6.45) is 4.83. The molecule has 0 fully saturated rings. The Bertz CT molecular complexity index is 3230. The van der Waals surface area contributed by atoms with Crippen molar-refractivity contribution in [3.63, 3.8) is 0 Å². The first kappa shape index (κ1) is 48.1. The molecule has 348 valence electrons. The standard InChI is InChI=1S/C27H24N2O3S3.C20H18Cl2N2O5S3/c1-28-24(33-22-13-11-18-7-2-4-9-20(18)26(22)28)17-25-29(15-6-16-35(30,31)32)27-21-10-5-3-8-19(21)12-14-23(27)34-25;21-12-2-4-16-14(8-12)23(6-1-7-32(27,28)29)18(30-16)10-19-24(11-20(25)26)15-9-13(22)3-5-17(15)31-19/h2-5,7-14,17,25H,6,15-16H2,1H3,(H,30,31,32);2-5,8-10,18H,1,6-7,11H2,(H,25,26)(H,27,28,29). The van der Waals surface area contributed by atoms with Gasteiger partial charge in [0.15, 0.2) is 16.4 Å². The minimum atomic E-state index is -4.31. The highest BCUT2D eigenvalue weighted by atomic mass is 35.5. The predicted molar refractivity (Wildman–Crippen MR) is 271 cm³/mol. The molecule has 0 aliphatic carbocycles. The lowest BCUT2D eigenvalue weighted by molar-refractivity contribution is -0.835. The molecule has 67 heavy (non-hydrogen) atoms. The fourth-order valence-corrected chi connectivity index (χ4v) is 15.2. The summed E-state index contributed by atoms with van der Waals surface area (Å²) in [5.74, 6) is -1.75. The molecule has 6 aromatic carbocycles. The molecule has 0 spiro atoms. The highest BCUT2D eigenvalue weighted by molar-refractivity contribution is 8.04. The average molecular weight is 1050 g/mol. The van der Waals surface area contributed by atoms with E-state index in [9.17, 15) is 35.8 Å². The fourth-order valence-electron chi connectivity index (χ4n) is 8.80. The number of hydrogen-bond acceptors (Lipinski definition) is 13. The number of nitrogens with one attached hydrogen (secondary N) is 2. The van der Waals surface area contributed by atoms with Crippen LogP contribution in [-0.2, 0) is 25.0 Å². The zero-order chi connectivity index (χ0) is 47.2. The zero-order valence-corrected chi connectivity index (χ0v) is 42.0. The second kappa shape index (κ2) is 19.8. The molecule has 4 aliphatic heterocycles. The molecule has 10 rings (SSSR count). The molecule has 3 N–H and O–H groups in total. The Morgan fingerprint density at radius 2 is 1.22 bits per heavy atom. The Morgan fingerprint density at radius 3 is 1.91 bits per heavy atom. The molecule has 12 nitrogen and oxygen atoms in total. The van der Waals surface area contributed by atoms with Gasteiger partial charge in [-0.15, -0.1) is 0 Å². The van der Waals surface area contributed by atoms with E-state index < -0.39 is 32.0 Å². The molecule has 6 aromatic rings. The smallest absolute Gasteiger partial charge is 0.323 e. The van der Waals surface area contributed by atoms with Gasteiger partial charge in [0.2, 0.25) is 0 Å². The number of nitrogens with zero attached hydrogens (tertiary/aromatic N) is 2. The van der Waals surface area contributed by atoms with E-state index in [0.717, 1.165) is 31.1 Å². The Kier molecular flexibility index (Phi) is 14.3. The van der Waals surface area contributed by atoms with Crippen LogP contribution in [0, 0.1) is 0 Å². The van der Waals surface area contributed by atoms with Crippen LogP contribution in [0.1, 0.15) is 12.8 Å². The number of hydrogen-bond donors (Lipinski definition) is 3. The molecule has 0 radical (unpaired) electrons. The number of quaternary nitrogens is 2. The molecule has 0 bridgehead atoms. The van der Waals surface area contributed by atoms with Crippen molar-refractivity contribution in [2.45, 2.75) is 43.2 Å². The number of anilines is 2. The van der Waals surface area contributed by atoms with E-state index in [1.54, 1.807) is 46.6 Å². The van der Waals surface area contributed by atoms with E-state index in [-0.39, 0.29) is 29.5 Å². The molecule has 4 atom stereocenters. The molecule has 0 aromatic heterocycles. The van der Waals surface area contributed by atoms with Crippen molar-refractivity contribution in [2.24, 2.45) is 0 Å². The SMILES string of the molecule is CN1C(=CC2Sc3ccc4ccccc4c3[NH+]2CCCS(=O)(=O)[O-])Sc2ccc3ccccc3c21.O=C(O)CN1C(=CC2Sc3ccc(Cl)cc3[NH+]2CCCS(=O)(=O)[O-])Sc2ccc(Cl)cc21. The summed E-state index contributed by atoms with van der Waals surface area (Å²) in [7, 11) is -6.43. The van der Waals surface area contributed by atoms with Gasteiger partial charge in [0.1, 0.15) is 12.2 Å². The third-order valence-electron chi connectivity index (χ3n) is 11.7. The van der Waals surface area contributed by atoms with Crippen molar-refractivity contribution in [1.82, 2.24) is 0 Å². The minimum absolute atomic E-state index is 0.0793. The van der Waals surface area contributed by atoms with E-state index in [4.69, 9.17) is 23.2 Å². The van der Waals surface area contributed by atoms with Crippen LogP contribution >= 0.6 is 70.2 Å². The van der Waals surface area contributed by atoms with Crippen LogP contribution < -0.4 is 19.6 Å². The third-order valence-corrected chi connectivity index (χ3v) is 18.6. The number of fused-ring (bicyclic) bond motifs is 8. The summed E-state index contributed by atoms with van der Waals surface area (Å²) in [5, 5.41) is 17.2. The number of carbonyl (C=O) groups is 1. The Balaban J connectivity index is 0.000000169. The van der Waals surface area contributed by atoms with Crippen molar-refractivity contribution in [2.75, 3.05) is 48.0 Å². The van der Waals surface area contributed by atoms with Crippen LogP contribution in [0.25, 0.3) is 21.5 Å². The Morgan fingerprint density at radius 1 is 0.687 bits per heavy atom. The van der Waals surface area contributed by atoms with E-state index in [1.165, 1.54) is 64.4 Å². The summed E-state index contributed by atoms with van der Waals surface area (Å²) in [4.78, 5) is 22.0. The molecule has 4 heterocycles. The average Bonchev–Trinajstić information content (AvgIpc) is 4.00. The van der Waals surface area contributed by atoms with E-state index in [0.29, 0.717) is 29.6 Å². The van der Waals surface area contributed by atoms with Gasteiger partial charge in [0.05, 0.1) is 64.5 Å². The number of thioether (sulfide) groups is 4. The zero-order valence-electron chi connectivity index (χ0n) is 35.6. The van der Waals surface area contributed by atoms with Gasteiger partial charge in [-0.3, -0.25) is 14.6 Å². The van der Waals surface area contributed by atoms with Crippen molar-refractivity contribution in [1.29, 1.82) is 0 Å². The largest absolute Gasteiger partial charge is 0.748 e. The molecule has 4 aliphatic rings. The van der Waals surface area contributed by atoms with Gasteiger partial charge in [-0.2, -0.15) is 0 Å². The number of benzene rings is 6. The van der Waals surface area contributed by atoms with Gasteiger partial charge >= 0.3 is 5.97 Å². The highest BCUT2D eigenvalue weighted by Crippen LogP contribution is 2.50. The first-order valence-corrected chi connectivity index (χ1v) is 28.4. The van der Waals surface area contributed by atoms with Crippen LogP contribution in [0.2, 0.25) is 10.0 Å². The second-order valence-electron chi connectivity index (χ2n) is 16.2. The van der Waals surface area contributed by atoms with Crippen molar-refractivity contribution < 1.29 is 45.6 Å². The third kappa shape index (κ3) is 10.8. The van der Waals surface area contributed by atoms with Gasteiger partial charge in [-0.05, 0) is 59.3 Å². The van der Waals surface area contributed by atoms with E-state index in [1.807, 2.05) is 48.2 Å². The predicted octanol–water partition coefficient (Wildman–Crippen LogP) is 8.38. The number of carboxylic acid groups (broad SMARTS) is 1. The number of rotatable bonds is 12. The lowest BCUT2D eigenvalue weighted by Crippen LogP contribution is -3.09. The molecule has 0 saturated heterocycles. The first-order valence-electron chi connectivity index (χ1n) is 21.1. The van der Waals surface area contributed by atoms with Crippen molar-refractivity contribution in [3.05, 3.63) is 141 Å². The normalized spacial score (nSPS) is 20.9. The highest BCUT2D eigenvalue weighted by Gasteiger charge is 2.39. The Hall–Kier alpha value is -3.89. The summed E-state index contributed by atoms with van der Waals surface area (Å²) in [5.41, 5.74) is 4.09. The van der Waals surface area contributed by atoms with Crippen molar-refractivity contribution in [3.8, 4) is 0 Å². The quantitative estimate of drug-likeness (QED) is 0.100. The second-order valence-corrected chi connectivity index (χ2v) is 24.6. The van der Waals surface area contributed by atoms with E-state index in [2.05, 4.69) is 78.7 Å². The van der Waals surface area contributed by atoms with Crippen LogP contribution in [0.3, 0.4) is 0 Å².